The normalized spacial score (nSPS) is 12.1. The Hall–Kier alpha value is -2.95. The maximum Gasteiger partial charge on any atom is 0.259 e. The number of nitrogens with zero attached hydrogens (tertiary/aromatic N) is 2. The van der Waals surface area contributed by atoms with E-state index in [0.717, 1.165) is 5.52 Å². The topological polar surface area (TPSA) is 42.3 Å². The first-order valence-corrected chi connectivity index (χ1v) is 9.06. The summed E-state index contributed by atoms with van der Waals surface area (Å²) in [6.07, 6.45) is 2.28. The molecular formula is C22H23FN2O2. The molecule has 2 aromatic carbocycles. The molecule has 0 spiro atoms. The van der Waals surface area contributed by atoms with Crippen LogP contribution in [0.1, 0.15) is 36.2 Å². The van der Waals surface area contributed by atoms with Crippen LogP contribution in [-0.2, 0) is 13.6 Å². The van der Waals surface area contributed by atoms with E-state index in [9.17, 15) is 14.0 Å². The van der Waals surface area contributed by atoms with Crippen molar-refractivity contribution in [2.75, 3.05) is 0 Å². The van der Waals surface area contributed by atoms with Crippen LogP contribution in [0.2, 0.25) is 0 Å². The van der Waals surface area contributed by atoms with Crippen molar-refractivity contribution in [2.45, 2.75) is 32.9 Å². The Morgan fingerprint density at radius 3 is 2.52 bits per heavy atom. The molecule has 0 radical (unpaired) electrons. The van der Waals surface area contributed by atoms with Crippen LogP contribution in [0.5, 0.6) is 0 Å². The summed E-state index contributed by atoms with van der Waals surface area (Å²) < 4.78 is 15.9. The number of carbonyl (C=O) groups is 1. The lowest BCUT2D eigenvalue weighted by atomic mass is 10.1. The number of aryl methyl sites for hydroxylation is 1. The molecule has 1 heterocycles. The molecule has 0 bridgehead atoms. The third-order valence-corrected chi connectivity index (χ3v) is 5.01. The van der Waals surface area contributed by atoms with Gasteiger partial charge in [-0.1, -0.05) is 37.3 Å². The largest absolute Gasteiger partial charge is 0.350 e. The number of hydrogen-bond acceptors (Lipinski definition) is 2. The minimum Gasteiger partial charge on any atom is -0.350 e. The molecule has 1 amide bonds. The van der Waals surface area contributed by atoms with Gasteiger partial charge in [-0.15, -0.1) is 0 Å². The summed E-state index contributed by atoms with van der Waals surface area (Å²) in [6.45, 7) is 3.99. The number of aromatic nitrogens is 1. The van der Waals surface area contributed by atoms with Crippen molar-refractivity contribution in [1.82, 2.24) is 9.47 Å². The minimum atomic E-state index is -0.376. The highest BCUT2D eigenvalue weighted by molar-refractivity contribution is 5.97. The van der Waals surface area contributed by atoms with Gasteiger partial charge < -0.3 is 9.47 Å². The van der Waals surface area contributed by atoms with E-state index in [0.29, 0.717) is 17.4 Å². The summed E-state index contributed by atoms with van der Waals surface area (Å²) in [5.74, 6) is -0.732. The number of hydrogen-bond donors (Lipinski definition) is 0. The summed E-state index contributed by atoms with van der Waals surface area (Å²) in [6, 6.07) is 13.5. The number of pyridine rings is 1. The number of amides is 1. The number of rotatable bonds is 5. The predicted molar refractivity (Wildman–Crippen MR) is 105 cm³/mol. The molecule has 0 N–H and O–H groups in total. The Bertz CT molecular complexity index is 1040. The molecule has 0 fully saturated rings. The van der Waals surface area contributed by atoms with Gasteiger partial charge in [0, 0.05) is 36.8 Å². The average molecular weight is 366 g/mol. The maximum absolute atomic E-state index is 14.1. The molecule has 0 aliphatic rings. The van der Waals surface area contributed by atoms with Crippen molar-refractivity contribution < 1.29 is 9.18 Å². The highest BCUT2D eigenvalue weighted by Gasteiger charge is 2.25. The first-order chi connectivity index (χ1) is 12.9. The number of carbonyl (C=O) groups excluding carboxylic acids is 1. The molecule has 1 unspecified atom stereocenters. The number of benzene rings is 2. The van der Waals surface area contributed by atoms with Crippen LogP contribution >= 0.6 is 0 Å². The molecule has 4 nitrogen and oxygen atoms in total. The zero-order valence-electron chi connectivity index (χ0n) is 15.8. The van der Waals surface area contributed by atoms with Gasteiger partial charge >= 0.3 is 0 Å². The van der Waals surface area contributed by atoms with Gasteiger partial charge in [0.05, 0.1) is 5.52 Å². The maximum atomic E-state index is 14.1. The Kier molecular flexibility index (Phi) is 5.40. The van der Waals surface area contributed by atoms with Crippen LogP contribution in [0.25, 0.3) is 10.9 Å². The summed E-state index contributed by atoms with van der Waals surface area (Å²) in [7, 11) is 1.81. The molecular weight excluding hydrogens is 343 g/mol. The van der Waals surface area contributed by atoms with E-state index in [4.69, 9.17) is 0 Å². The van der Waals surface area contributed by atoms with E-state index < -0.39 is 0 Å². The first kappa shape index (κ1) is 18.8. The quantitative estimate of drug-likeness (QED) is 0.682. The zero-order chi connectivity index (χ0) is 19.6. The molecule has 5 heteroatoms. The van der Waals surface area contributed by atoms with Crippen LogP contribution in [0.4, 0.5) is 4.39 Å². The van der Waals surface area contributed by atoms with Crippen molar-refractivity contribution in [3.8, 4) is 0 Å². The van der Waals surface area contributed by atoms with Crippen molar-refractivity contribution in [1.29, 1.82) is 0 Å². The van der Waals surface area contributed by atoms with E-state index in [1.165, 1.54) is 6.07 Å². The van der Waals surface area contributed by atoms with Gasteiger partial charge in [-0.2, -0.15) is 0 Å². The fourth-order valence-electron chi connectivity index (χ4n) is 3.21. The summed E-state index contributed by atoms with van der Waals surface area (Å²) in [4.78, 5) is 27.8. The molecule has 0 aliphatic heterocycles. The monoisotopic (exact) mass is 366 g/mol. The van der Waals surface area contributed by atoms with Crippen LogP contribution in [-0.4, -0.2) is 21.4 Å². The smallest absolute Gasteiger partial charge is 0.259 e. The molecule has 1 aromatic heterocycles. The molecule has 140 valence electrons. The van der Waals surface area contributed by atoms with E-state index in [1.54, 1.807) is 46.0 Å². The first-order valence-electron chi connectivity index (χ1n) is 9.06. The van der Waals surface area contributed by atoms with Gasteiger partial charge in [0.2, 0.25) is 5.43 Å². The lowest BCUT2D eigenvalue weighted by molar-refractivity contribution is 0.0667. The van der Waals surface area contributed by atoms with Crippen molar-refractivity contribution in [2.24, 2.45) is 7.05 Å². The number of para-hydroxylation sites is 1. The fraction of sp³-hybridized carbons (Fsp3) is 0.273. The Morgan fingerprint density at radius 1 is 1.15 bits per heavy atom. The van der Waals surface area contributed by atoms with Crippen molar-refractivity contribution in [3.63, 3.8) is 0 Å². The SMILES string of the molecule is CCC(C)N(Cc1ccccc1F)C(=O)c1cn(C)c2ccccc2c1=O. The van der Waals surface area contributed by atoms with E-state index in [1.807, 2.05) is 33.0 Å². The minimum absolute atomic E-state index is 0.104. The van der Waals surface area contributed by atoms with E-state index >= 15 is 0 Å². The van der Waals surface area contributed by atoms with Crippen molar-refractivity contribution >= 4 is 16.8 Å². The van der Waals surface area contributed by atoms with Crippen LogP contribution < -0.4 is 5.43 Å². The van der Waals surface area contributed by atoms with E-state index in [-0.39, 0.29) is 35.3 Å². The molecule has 1 atom stereocenters. The summed E-state index contributed by atoms with van der Waals surface area (Å²) in [5.41, 5.74) is 1.01. The van der Waals surface area contributed by atoms with E-state index in [2.05, 4.69) is 0 Å². The second-order valence-corrected chi connectivity index (χ2v) is 6.78. The van der Waals surface area contributed by atoms with Crippen molar-refractivity contribution in [3.05, 3.63) is 81.9 Å². The molecule has 0 saturated heterocycles. The number of halogens is 1. The molecule has 3 rings (SSSR count). The Morgan fingerprint density at radius 2 is 1.81 bits per heavy atom. The highest BCUT2D eigenvalue weighted by Crippen LogP contribution is 2.18. The van der Waals surface area contributed by atoms with Crippen LogP contribution in [0.3, 0.4) is 0 Å². The molecule has 0 aliphatic carbocycles. The average Bonchev–Trinajstić information content (AvgIpc) is 2.69. The summed E-state index contributed by atoms with van der Waals surface area (Å²) in [5, 5.41) is 0.501. The molecule has 0 saturated carbocycles. The second kappa shape index (κ2) is 7.74. The zero-order valence-corrected chi connectivity index (χ0v) is 15.8. The predicted octanol–water partition coefficient (Wildman–Crippen LogP) is 4.12. The summed E-state index contributed by atoms with van der Waals surface area (Å²) >= 11 is 0. The third kappa shape index (κ3) is 3.63. The van der Waals surface area contributed by atoms with Gasteiger partial charge in [0.1, 0.15) is 11.4 Å². The molecule has 3 aromatic rings. The van der Waals surface area contributed by atoms with Gasteiger partial charge in [0.25, 0.3) is 5.91 Å². The third-order valence-electron chi connectivity index (χ3n) is 5.01. The fourth-order valence-corrected chi connectivity index (χ4v) is 3.21. The second-order valence-electron chi connectivity index (χ2n) is 6.78. The lowest BCUT2D eigenvalue weighted by Gasteiger charge is -2.29. The molecule has 27 heavy (non-hydrogen) atoms. The van der Waals surface area contributed by atoms with Gasteiger partial charge in [-0.25, -0.2) is 4.39 Å². The number of fused-ring (bicyclic) bond motifs is 1. The standard InChI is InChI=1S/C22H23FN2O2/c1-4-15(2)25(13-16-9-5-7-11-19(16)23)22(27)18-14-24(3)20-12-8-6-10-17(20)21(18)26/h5-12,14-15H,4,13H2,1-3H3. The Labute approximate surface area is 157 Å². The van der Waals surface area contributed by atoms with Crippen LogP contribution in [0, 0.1) is 5.82 Å². The van der Waals surface area contributed by atoms with Crippen LogP contribution in [0.15, 0.2) is 59.5 Å². The Balaban J connectivity index is 2.07. The van der Waals surface area contributed by atoms with Gasteiger partial charge in [0.15, 0.2) is 0 Å². The highest BCUT2D eigenvalue weighted by atomic mass is 19.1. The lowest BCUT2D eigenvalue weighted by Crippen LogP contribution is -2.40. The van der Waals surface area contributed by atoms with Gasteiger partial charge in [-0.3, -0.25) is 9.59 Å². The van der Waals surface area contributed by atoms with Gasteiger partial charge in [-0.05, 0) is 31.5 Å².